The normalized spacial score (nSPS) is 10.5. The van der Waals surface area contributed by atoms with Crippen molar-refractivity contribution in [3.05, 3.63) is 30.1 Å². The van der Waals surface area contributed by atoms with Crippen molar-refractivity contribution in [2.75, 3.05) is 6.26 Å². The van der Waals surface area contributed by atoms with Crippen molar-refractivity contribution in [1.29, 1.82) is 0 Å². The molecule has 0 amide bonds. The lowest BCUT2D eigenvalue weighted by atomic mass is 10.2. The van der Waals surface area contributed by atoms with Crippen molar-refractivity contribution in [2.24, 2.45) is 0 Å². The largest absolute Gasteiger partial charge is 0.263 e. The number of nitrogens with zero attached hydrogens (tertiary/aromatic N) is 2. The van der Waals surface area contributed by atoms with Gasteiger partial charge in [-0.1, -0.05) is 19.1 Å². The molecule has 2 rings (SSSR count). The first-order chi connectivity index (χ1) is 7.33. The molecule has 0 saturated carbocycles. The van der Waals surface area contributed by atoms with Gasteiger partial charge >= 0.3 is 0 Å². The third-order valence-electron chi connectivity index (χ3n) is 2.21. The summed E-state index contributed by atoms with van der Waals surface area (Å²) in [6.45, 7) is 2.06. The molecule has 1 aromatic carbocycles. The van der Waals surface area contributed by atoms with Crippen molar-refractivity contribution in [1.82, 2.24) is 15.2 Å². The van der Waals surface area contributed by atoms with Crippen LogP contribution in [0.25, 0.3) is 11.4 Å². The lowest BCUT2D eigenvalue weighted by molar-refractivity contribution is 0.946. The number of aromatic amines is 1. The standard InChI is InChI=1S/C11H13N3S/c1-3-10-12-11(14-13-10)8-4-6-9(15-2)7-5-8/h4-7H,3H2,1-2H3,(H,12,13,14). The molecule has 0 unspecified atom stereocenters. The minimum absolute atomic E-state index is 0.777. The zero-order chi connectivity index (χ0) is 10.7. The van der Waals surface area contributed by atoms with E-state index in [1.165, 1.54) is 4.90 Å². The van der Waals surface area contributed by atoms with Gasteiger partial charge in [-0.3, -0.25) is 5.10 Å². The van der Waals surface area contributed by atoms with E-state index in [2.05, 4.69) is 52.6 Å². The van der Waals surface area contributed by atoms with Crippen molar-refractivity contribution >= 4 is 11.8 Å². The van der Waals surface area contributed by atoms with Gasteiger partial charge in [-0.15, -0.1) is 11.8 Å². The highest BCUT2D eigenvalue weighted by molar-refractivity contribution is 7.98. The maximum atomic E-state index is 4.38. The summed E-state index contributed by atoms with van der Waals surface area (Å²) in [6, 6.07) is 8.27. The molecule has 0 spiro atoms. The molecule has 1 N–H and O–H groups in total. The Kier molecular flexibility index (Phi) is 3.06. The predicted molar refractivity (Wildman–Crippen MR) is 63.0 cm³/mol. The van der Waals surface area contributed by atoms with E-state index in [1.807, 2.05) is 0 Å². The highest BCUT2D eigenvalue weighted by Gasteiger charge is 2.03. The quantitative estimate of drug-likeness (QED) is 0.807. The lowest BCUT2D eigenvalue weighted by Crippen LogP contribution is -1.82. The zero-order valence-corrected chi connectivity index (χ0v) is 9.64. The van der Waals surface area contributed by atoms with Crippen LogP contribution in [0.3, 0.4) is 0 Å². The van der Waals surface area contributed by atoms with Gasteiger partial charge in [-0.05, 0) is 18.4 Å². The number of aryl methyl sites for hydroxylation is 1. The first-order valence-electron chi connectivity index (χ1n) is 4.89. The average Bonchev–Trinajstić information content (AvgIpc) is 2.78. The van der Waals surface area contributed by atoms with E-state index in [9.17, 15) is 0 Å². The Labute approximate surface area is 93.3 Å². The molecule has 0 aliphatic rings. The number of rotatable bonds is 3. The lowest BCUT2D eigenvalue weighted by Gasteiger charge is -1.97. The van der Waals surface area contributed by atoms with E-state index in [1.54, 1.807) is 11.8 Å². The summed E-state index contributed by atoms with van der Waals surface area (Å²) in [4.78, 5) is 5.64. The van der Waals surface area contributed by atoms with Crippen LogP contribution >= 0.6 is 11.8 Å². The predicted octanol–water partition coefficient (Wildman–Crippen LogP) is 2.76. The molecule has 0 bridgehead atoms. The Morgan fingerprint density at radius 1 is 1.27 bits per heavy atom. The fourth-order valence-electron chi connectivity index (χ4n) is 1.32. The summed E-state index contributed by atoms with van der Waals surface area (Å²) < 4.78 is 0. The summed E-state index contributed by atoms with van der Waals surface area (Å²) in [5.74, 6) is 1.71. The van der Waals surface area contributed by atoms with Crippen LogP contribution < -0.4 is 0 Å². The minimum Gasteiger partial charge on any atom is -0.263 e. The monoisotopic (exact) mass is 219 g/mol. The summed E-state index contributed by atoms with van der Waals surface area (Å²) in [5, 5.41) is 7.09. The second-order valence-corrected chi connectivity index (χ2v) is 4.07. The first-order valence-corrected chi connectivity index (χ1v) is 6.11. The summed E-state index contributed by atoms with van der Waals surface area (Å²) in [6.07, 6.45) is 2.95. The first kappa shape index (κ1) is 10.2. The Bertz CT molecular complexity index is 433. The third kappa shape index (κ3) is 2.21. The SMILES string of the molecule is CCc1nc(-c2ccc(SC)cc2)n[nH]1. The van der Waals surface area contributed by atoms with Crippen molar-refractivity contribution < 1.29 is 0 Å². The number of aromatic nitrogens is 3. The molecule has 0 atom stereocenters. The van der Waals surface area contributed by atoms with E-state index in [0.717, 1.165) is 23.6 Å². The molecule has 78 valence electrons. The van der Waals surface area contributed by atoms with Crippen molar-refractivity contribution in [2.45, 2.75) is 18.2 Å². The number of benzene rings is 1. The van der Waals surface area contributed by atoms with Gasteiger partial charge in [-0.2, -0.15) is 5.10 Å². The average molecular weight is 219 g/mol. The second kappa shape index (κ2) is 4.49. The van der Waals surface area contributed by atoms with Crippen LogP contribution in [0.2, 0.25) is 0 Å². The van der Waals surface area contributed by atoms with Crippen LogP contribution in [-0.2, 0) is 6.42 Å². The molecule has 1 heterocycles. The molecule has 0 radical (unpaired) electrons. The summed E-state index contributed by atoms with van der Waals surface area (Å²) in [5.41, 5.74) is 1.06. The number of nitrogens with one attached hydrogen (secondary N) is 1. The van der Waals surface area contributed by atoms with Gasteiger partial charge in [0.1, 0.15) is 5.82 Å². The number of H-pyrrole nitrogens is 1. The molecule has 0 aliphatic heterocycles. The van der Waals surface area contributed by atoms with Gasteiger partial charge in [-0.25, -0.2) is 4.98 Å². The zero-order valence-electron chi connectivity index (χ0n) is 8.82. The molecule has 3 nitrogen and oxygen atoms in total. The van der Waals surface area contributed by atoms with E-state index in [-0.39, 0.29) is 0 Å². The van der Waals surface area contributed by atoms with Gasteiger partial charge in [0.25, 0.3) is 0 Å². The van der Waals surface area contributed by atoms with Crippen LogP contribution in [0.4, 0.5) is 0 Å². The summed E-state index contributed by atoms with van der Waals surface area (Å²) >= 11 is 1.73. The fraction of sp³-hybridized carbons (Fsp3) is 0.273. The van der Waals surface area contributed by atoms with Gasteiger partial charge < -0.3 is 0 Å². The Hall–Kier alpha value is -1.29. The Morgan fingerprint density at radius 2 is 2.00 bits per heavy atom. The van der Waals surface area contributed by atoms with Gasteiger partial charge in [0, 0.05) is 16.9 Å². The maximum Gasteiger partial charge on any atom is 0.181 e. The van der Waals surface area contributed by atoms with Gasteiger partial charge in [0.15, 0.2) is 5.82 Å². The van der Waals surface area contributed by atoms with Crippen LogP contribution in [0.1, 0.15) is 12.7 Å². The smallest absolute Gasteiger partial charge is 0.181 e. The van der Waals surface area contributed by atoms with Crippen molar-refractivity contribution in [3.63, 3.8) is 0 Å². The molecule has 15 heavy (non-hydrogen) atoms. The van der Waals surface area contributed by atoms with Crippen molar-refractivity contribution in [3.8, 4) is 11.4 Å². The van der Waals surface area contributed by atoms with E-state index in [0.29, 0.717) is 0 Å². The van der Waals surface area contributed by atoms with Gasteiger partial charge in [0.05, 0.1) is 0 Å². The molecule has 4 heteroatoms. The Balaban J connectivity index is 2.28. The molecule has 0 fully saturated rings. The fourth-order valence-corrected chi connectivity index (χ4v) is 1.73. The van der Waals surface area contributed by atoms with Gasteiger partial charge in [0.2, 0.25) is 0 Å². The molecule has 2 aromatic rings. The number of thioether (sulfide) groups is 1. The number of hydrogen-bond acceptors (Lipinski definition) is 3. The number of hydrogen-bond donors (Lipinski definition) is 1. The molecule has 1 aromatic heterocycles. The Morgan fingerprint density at radius 3 is 2.53 bits per heavy atom. The maximum absolute atomic E-state index is 4.38. The molecule has 0 saturated heterocycles. The molecular formula is C11H13N3S. The summed E-state index contributed by atoms with van der Waals surface area (Å²) in [7, 11) is 0. The van der Waals surface area contributed by atoms with Crippen LogP contribution in [0, 0.1) is 0 Å². The molecular weight excluding hydrogens is 206 g/mol. The van der Waals surface area contributed by atoms with E-state index >= 15 is 0 Å². The second-order valence-electron chi connectivity index (χ2n) is 3.19. The third-order valence-corrected chi connectivity index (χ3v) is 2.96. The van der Waals surface area contributed by atoms with Crippen LogP contribution in [-0.4, -0.2) is 21.4 Å². The van der Waals surface area contributed by atoms with E-state index in [4.69, 9.17) is 0 Å². The van der Waals surface area contributed by atoms with Crippen LogP contribution in [0.5, 0.6) is 0 Å². The van der Waals surface area contributed by atoms with Crippen LogP contribution in [0.15, 0.2) is 29.2 Å². The topological polar surface area (TPSA) is 41.6 Å². The highest BCUT2D eigenvalue weighted by atomic mass is 32.2. The molecule has 0 aliphatic carbocycles. The minimum atomic E-state index is 0.777. The van der Waals surface area contributed by atoms with E-state index < -0.39 is 0 Å². The highest BCUT2D eigenvalue weighted by Crippen LogP contribution is 2.20.